The fourth-order valence-electron chi connectivity index (χ4n) is 4.53. The lowest BCUT2D eigenvalue weighted by molar-refractivity contribution is -0.0111. The van der Waals surface area contributed by atoms with Crippen LogP contribution in [0.25, 0.3) is 0 Å². The van der Waals surface area contributed by atoms with Gasteiger partial charge in [0.2, 0.25) is 0 Å². The van der Waals surface area contributed by atoms with Gasteiger partial charge in [0.1, 0.15) is 11.5 Å². The summed E-state index contributed by atoms with van der Waals surface area (Å²) in [5.41, 5.74) is 4.31. The lowest BCUT2D eigenvalue weighted by atomic mass is 9.85. The van der Waals surface area contributed by atoms with E-state index in [0.717, 1.165) is 34.6 Å². The topological polar surface area (TPSA) is 77.4 Å². The van der Waals surface area contributed by atoms with Gasteiger partial charge in [0.15, 0.2) is 0 Å². The highest BCUT2D eigenvalue weighted by Gasteiger charge is 2.21. The molecule has 0 bridgehead atoms. The highest BCUT2D eigenvalue weighted by molar-refractivity contribution is 5.45. The Morgan fingerprint density at radius 1 is 0.816 bits per heavy atom. The first-order valence-corrected chi connectivity index (χ1v) is 13.7. The number of benzene rings is 2. The van der Waals surface area contributed by atoms with E-state index < -0.39 is 6.10 Å². The van der Waals surface area contributed by atoms with Gasteiger partial charge in [0.25, 0.3) is 0 Å². The number of para-hydroxylation sites is 1. The largest absolute Gasteiger partial charge is 0.496 e. The third-order valence-electron chi connectivity index (χ3n) is 6.78. The molecule has 2 aromatic rings. The third-order valence-corrected chi connectivity index (χ3v) is 6.78. The maximum Gasteiger partial charge on any atom is 0.128 e. The quantitative estimate of drug-likeness (QED) is 0.263. The van der Waals surface area contributed by atoms with Gasteiger partial charge in [0, 0.05) is 12.2 Å². The molecule has 0 radical (unpaired) electrons. The average Bonchev–Trinajstić information content (AvgIpc) is 2.87. The van der Waals surface area contributed by atoms with E-state index in [9.17, 15) is 10.2 Å². The maximum absolute atomic E-state index is 10.5. The molecule has 6 heteroatoms. The molecule has 2 N–H and O–H groups in total. The predicted molar refractivity (Wildman–Crippen MR) is 153 cm³/mol. The second-order valence-electron chi connectivity index (χ2n) is 12.1. The zero-order chi connectivity index (χ0) is 28.3. The molecule has 38 heavy (non-hydrogen) atoms. The van der Waals surface area contributed by atoms with Crippen molar-refractivity contribution in [2.75, 3.05) is 27.4 Å². The summed E-state index contributed by atoms with van der Waals surface area (Å²) >= 11 is 0. The highest BCUT2D eigenvalue weighted by Crippen LogP contribution is 2.34. The average molecular weight is 531 g/mol. The fraction of sp³-hybridized carbons (Fsp3) is 0.625. The van der Waals surface area contributed by atoms with Gasteiger partial charge < -0.3 is 29.2 Å². The predicted octanol–water partition coefficient (Wildman–Crippen LogP) is 6.31. The summed E-state index contributed by atoms with van der Waals surface area (Å²) in [5, 5.41) is 20.3. The normalized spacial score (nSPS) is 13.8. The number of methoxy groups -OCH3 is 2. The van der Waals surface area contributed by atoms with Gasteiger partial charge in [-0.2, -0.15) is 0 Å². The fourth-order valence-corrected chi connectivity index (χ4v) is 4.53. The van der Waals surface area contributed by atoms with Crippen LogP contribution >= 0.6 is 0 Å². The second-order valence-corrected chi connectivity index (χ2v) is 12.1. The zero-order valence-electron chi connectivity index (χ0n) is 24.8. The van der Waals surface area contributed by atoms with E-state index >= 15 is 0 Å². The van der Waals surface area contributed by atoms with E-state index in [-0.39, 0.29) is 23.5 Å². The minimum Gasteiger partial charge on any atom is -0.496 e. The third kappa shape index (κ3) is 9.88. The van der Waals surface area contributed by atoms with Crippen molar-refractivity contribution in [1.29, 1.82) is 0 Å². The number of hydrogen-bond donors (Lipinski definition) is 2. The summed E-state index contributed by atoms with van der Waals surface area (Å²) in [6, 6.07) is 12.2. The molecule has 214 valence electrons. The van der Waals surface area contributed by atoms with Crippen LogP contribution in [0.15, 0.2) is 36.4 Å². The number of aliphatic hydroxyl groups excluding tert-OH is 2. The van der Waals surface area contributed by atoms with Crippen molar-refractivity contribution in [1.82, 2.24) is 0 Å². The number of hydrogen-bond acceptors (Lipinski definition) is 6. The van der Waals surface area contributed by atoms with Crippen LogP contribution in [0.3, 0.4) is 0 Å². The minimum absolute atomic E-state index is 0.00832. The Kier molecular flexibility index (Phi) is 12.6. The first kappa shape index (κ1) is 32.1. The van der Waals surface area contributed by atoms with E-state index in [1.54, 1.807) is 14.2 Å². The maximum atomic E-state index is 10.5. The summed E-state index contributed by atoms with van der Waals surface area (Å²) in [7, 11) is 3.39. The Bertz CT molecular complexity index is 973. The molecular formula is C32H50O6. The van der Waals surface area contributed by atoms with E-state index in [4.69, 9.17) is 18.9 Å². The monoisotopic (exact) mass is 530 g/mol. The SMILES string of the molecule is COc1ccc(COC(CO)CCC(O)CCCOCc2cccc(C(C)(C)C)c2OC)cc1C(C)(C)C. The van der Waals surface area contributed by atoms with Crippen LogP contribution in [0.2, 0.25) is 0 Å². The summed E-state index contributed by atoms with van der Waals surface area (Å²) < 4.78 is 23.1. The lowest BCUT2D eigenvalue weighted by Gasteiger charge is -2.24. The van der Waals surface area contributed by atoms with Crippen molar-refractivity contribution >= 4 is 0 Å². The molecular weight excluding hydrogens is 480 g/mol. The standard InChI is InChI=1S/C32H50O6/c1-31(2,3)27-13-9-11-24(30(27)36-8)22-37-18-10-12-25(34)15-16-26(20-33)38-21-23-14-17-29(35-7)28(19-23)32(4,5)6/h9,11,13-14,17,19,25-26,33-34H,10,12,15-16,18,20-22H2,1-8H3. The molecule has 0 aromatic heterocycles. The Morgan fingerprint density at radius 2 is 1.53 bits per heavy atom. The van der Waals surface area contributed by atoms with E-state index in [0.29, 0.717) is 39.1 Å². The van der Waals surface area contributed by atoms with Gasteiger partial charge in [0.05, 0.1) is 46.2 Å². The molecule has 0 aliphatic heterocycles. The van der Waals surface area contributed by atoms with Crippen molar-refractivity contribution in [3.63, 3.8) is 0 Å². The molecule has 0 amide bonds. The Hall–Kier alpha value is -2.12. The molecule has 0 saturated heterocycles. The molecule has 2 aromatic carbocycles. The minimum atomic E-state index is -0.455. The van der Waals surface area contributed by atoms with Crippen molar-refractivity contribution in [2.24, 2.45) is 0 Å². The molecule has 0 saturated carbocycles. The van der Waals surface area contributed by atoms with E-state index in [1.807, 2.05) is 24.3 Å². The van der Waals surface area contributed by atoms with Crippen LogP contribution in [0.5, 0.6) is 11.5 Å². The molecule has 0 fully saturated rings. The van der Waals surface area contributed by atoms with Crippen molar-refractivity contribution < 1.29 is 29.2 Å². The summed E-state index contributed by atoms with van der Waals surface area (Å²) in [6.07, 6.45) is 1.80. The number of aliphatic hydroxyl groups is 2. The van der Waals surface area contributed by atoms with Crippen LogP contribution in [-0.4, -0.2) is 49.9 Å². The van der Waals surface area contributed by atoms with Gasteiger partial charge in [-0.05, 0) is 65.3 Å². The summed E-state index contributed by atoms with van der Waals surface area (Å²) in [4.78, 5) is 0. The Balaban J connectivity index is 1.74. The van der Waals surface area contributed by atoms with Crippen LogP contribution in [0.4, 0.5) is 0 Å². The molecule has 6 nitrogen and oxygen atoms in total. The van der Waals surface area contributed by atoms with Crippen LogP contribution < -0.4 is 9.47 Å². The summed E-state index contributed by atoms with van der Waals surface area (Å²) in [6.45, 7) is 14.3. The van der Waals surface area contributed by atoms with Gasteiger partial charge in [-0.1, -0.05) is 65.8 Å². The Labute approximate surface area is 230 Å². The van der Waals surface area contributed by atoms with Crippen molar-refractivity contribution in [2.45, 2.75) is 103 Å². The lowest BCUT2D eigenvalue weighted by Crippen LogP contribution is -2.21. The van der Waals surface area contributed by atoms with Crippen LogP contribution in [0, 0.1) is 0 Å². The van der Waals surface area contributed by atoms with Gasteiger partial charge in [-0.3, -0.25) is 0 Å². The molecule has 2 atom stereocenters. The molecule has 0 aliphatic carbocycles. The first-order chi connectivity index (χ1) is 17.9. The number of rotatable bonds is 15. The van der Waals surface area contributed by atoms with Gasteiger partial charge in [-0.25, -0.2) is 0 Å². The molecule has 0 spiro atoms. The molecule has 2 unspecified atom stereocenters. The highest BCUT2D eigenvalue weighted by atomic mass is 16.5. The van der Waals surface area contributed by atoms with E-state index in [1.165, 1.54) is 5.56 Å². The second kappa shape index (κ2) is 14.9. The molecule has 0 heterocycles. The van der Waals surface area contributed by atoms with Gasteiger partial charge >= 0.3 is 0 Å². The zero-order valence-corrected chi connectivity index (χ0v) is 24.8. The van der Waals surface area contributed by atoms with Crippen LogP contribution in [0.1, 0.15) is 89.5 Å². The Morgan fingerprint density at radius 3 is 2.13 bits per heavy atom. The van der Waals surface area contributed by atoms with Crippen molar-refractivity contribution in [3.8, 4) is 11.5 Å². The molecule has 0 aliphatic rings. The smallest absolute Gasteiger partial charge is 0.128 e. The summed E-state index contributed by atoms with van der Waals surface area (Å²) in [5.74, 6) is 1.75. The van der Waals surface area contributed by atoms with Gasteiger partial charge in [-0.15, -0.1) is 0 Å². The van der Waals surface area contributed by atoms with Crippen LogP contribution in [-0.2, 0) is 33.5 Å². The molecule has 2 rings (SSSR count). The first-order valence-electron chi connectivity index (χ1n) is 13.7. The van der Waals surface area contributed by atoms with E-state index in [2.05, 4.69) is 53.7 Å². The van der Waals surface area contributed by atoms with Crippen molar-refractivity contribution in [3.05, 3.63) is 58.7 Å². The number of ether oxygens (including phenoxy) is 4.